The molecule has 2 aliphatic heterocycles. The number of nitrogens with two attached hydrogens (primary N) is 1. The number of aliphatic imine (C=N–C) groups is 2. The van der Waals surface area contributed by atoms with Gasteiger partial charge in [0.2, 0.25) is 5.70 Å². The van der Waals surface area contributed by atoms with Crippen molar-refractivity contribution in [1.29, 1.82) is 0 Å². The predicted octanol–water partition coefficient (Wildman–Crippen LogP) is 5.10. The van der Waals surface area contributed by atoms with E-state index >= 15 is 0 Å². The molecule has 36 heavy (non-hydrogen) atoms. The fourth-order valence-electron chi connectivity index (χ4n) is 5.50. The van der Waals surface area contributed by atoms with E-state index in [1.165, 1.54) is 7.11 Å². The number of hydrogen-bond donors (Lipinski definition) is 1. The van der Waals surface area contributed by atoms with Crippen LogP contribution < -0.4 is 5.84 Å². The van der Waals surface area contributed by atoms with Crippen LogP contribution in [0.2, 0.25) is 0 Å². The molecule has 3 heterocycles. The van der Waals surface area contributed by atoms with Crippen LogP contribution >= 0.6 is 0 Å². The molecule has 0 saturated heterocycles. The number of methoxy groups -OCH3 is 1. The van der Waals surface area contributed by atoms with Gasteiger partial charge in [0.1, 0.15) is 11.9 Å². The molecule has 6 rings (SSSR count). The fourth-order valence-corrected chi connectivity index (χ4v) is 5.50. The molecular weight excluding hydrogens is 450 g/mol. The second-order valence-corrected chi connectivity index (χ2v) is 9.60. The Morgan fingerprint density at radius 3 is 2.56 bits per heavy atom. The largest absolute Gasteiger partial charge is 0.469 e. The van der Waals surface area contributed by atoms with Crippen LogP contribution in [-0.4, -0.2) is 34.7 Å². The second-order valence-electron chi connectivity index (χ2n) is 9.60. The third-order valence-corrected chi connectivity index (χ3v) is 7.49. The Kier molecular flexibility index (Phi) is 5.59. The number of carbonyl (C=O) groups excluding carboxylic acids is 1. The molecule has 0 radical (unpaired) electrons. The van der Waals surface area contributed by atoms with Gasteiger partial charge in [-0.05, 0) is 43.9 Å². The van der Waals surface area contributed by atoms with Crippen LogP contribution in [0.4, 0.5) is 0 Å². The molecule has 0 amide bonds. The van der Waals surface area contributed by atoms with Crippen LogP contribution in [0.1, 0.15) is 31.2 Å². The first-order valence-electron chi connectivity index (χ1n) is 12.3. The average molecular weight is 479 g/mol. The summed E-state index contributed by atoms with van der Waals surface area (Å²) in [6.07, 6.45) is 8.74. The standard InChI is InChI=1S/C29H28N5O2/c1-36-29(35)22-10-8-21(9-11-22)27-26-18-31-15-16-34(26,30)28(33-27)23-12-7-20-13-14-24(32-25(20)17-23)19-5-3-2-4-6-19/h2-7,12-18,21-22H,8-11,30H2,1H3/q+1. The first-order chi connectivity index (χ1) is 17.6. The number of amidine groups is 1. The summed E-state index contributed by atoms with van der Waals surface area (Å²) in [5, 5.41) is 1.06. The number of hydrogen-bond acceptors (Lipinski definition) is 6. The van der Waals surface area contributed by atoms with Gasteiger partial charge in [-0.2, -0.15) is 10.8 Å². The number of allylic oxidation sites excluding steroid dienone is 2. The smallest absolute Gasteiger partial charge is 0.308 e. The van der Waals surface area contributed by atoms with Gasteiger partial charge >= 0.3 is 5.97 Å². The van der Waals surface area contributed by atoms with Crippen LogP contribution in [-0.2, 0) is 9.53 Å². The quantitative estimate of drug-likeness (QED) is 0.321. The molecule has 1 aromatic heterocycles. The SMILES string of the molecule is COC(=O)C1CCC(C2=C3C=NC=C[N+]3(N)C(c3ccc4ccc(-c5ccccc5)nc4c3)=N2)CC1. The van der Waals surface area contributed by atoms with Gasteiger partial charge in [-0.25, -0.2) is 4.98 Å². The lowest BCUT2D eigenvalue weighted by Gasteiger charge is -2.28. The molecule has 1 aliphatic carbocycles. The molecule has 1 unspecified atom stereocenters. The van der Waals surface area contributed by atoms with Gasteiger partial charge in [0.15, 0.2) is 0 Å². The van der Waals surface area contributed by atoms with Crippen LogP contribution in [0, 0.1) is 11.8 Å². The van der Waals surface area contributed by atoms with E-state index in [4.69, 9.17) is 20.6 Å². The number of carbonyl (C=O) groups is 1. The van der Waals surface area contributed by atoms with Crippen molar-refractivity contribution < 1.29 is 14.1 Å². The number of esters is 1. The van der Waals surface area contributed by atoms with Crippen molar-refractivity contribution in [2.75, 3.05) is 7.11 Å². The first-order valence-corrected chi connectivity index (χ1v) is 12.3. The van der Waals surface area contributed by atoms with Gasteiger partial charge in [0, 0.05) is 16.9 Å². The van der Waals surface area contributed by atoms with E-state index in [9.17, 15) is 4.79 Å². The lowest BCUT2D eigenvalue weighted by Crippen LogP contribution is -2.53. The Morgan fingerprint density at radius 2 is 1.78 bits per heavy atom. The molecule has 3 aromatic rings. The minimum Gasteiger partial charge on any atom is -0.469 e. The molecule has 2 aromatic carbocycles. The number of ether oxygens (including phenoxy) is 1. The molecule has 180 valence electrons. The van der Waals surface area contributed by atoms with Crippen molar-refractivity contribution in [3.8, 4) is 11.3 Å². The van der Waals surface area contributed by atoms with Gasteiger partial charge in [-0.3, -0.25) is 9.79 Å². The number of pyridine rings is 1. The zero-order chi connectivity index (χ0) is 24.7. The van der Waals surface area contributed by atoms with Crippen molar-refractivity contribution in [3.05, 3.63) is 90.0 Å². The molecule has 7 heteroatoms. The van der Waals surface area contributed by atoms with Gasteiger partial charge in [-0.1, -0.05) is 42.5 Å². The summed E-state index contributed by atoms with van der Waals surface area (Å²) in [6.45, 7) is 0. The fraction of sp³-hybridized carbons (Fsp3) is 0.241. The van der Waals surface area contributed by atoms with Gasteiger partial charge in [0.05, 0.1) is 42.2 Å². The van der Waals surface area contributed by atoms with E-state index in [1.54, 1.807) is 6.20 Å². The molecule has 0 spiro atoms. The zero-order valence-corrected chi connectivity index (χ0v) is 20.2. The first kappa shape index (κ1) is 22.5. The van der Waals surface area contributed by atoms with E-state index in [2.05, 4.69) is 41.4 Å². The third-order valence-electron chi connectivity index (χ3n) is 7.49. The minimum atomic E-state index is -0.119. The summed E-state index contributed by atoms with van der Waals surface area (Å²) in [5.74, 6) is 7.80. The van der Waals surface area contributed by atoms with E-state index in [1.807, 2.05) is 36.7 Å². The van der Waals surface area contributed by atoms with Crippen LogP contribution in [0.3, 0.4) is 0 Å². The Hall–Kier alpha value is -3.94. The third kappa shape index (κ3) is 3.77. The topological polar surface area (TPSA) is 89.9 Å². The highest BCUT2D eigenvalue weighted by Crippen LogP contribution is 2.41. The summed E-state index contributed by atoms with van der Waals surface area (Å²) >= 11 is 0. The Labute approximate surface area is 209 Å². The number of aromatic nitrogens is 1. The Bertz CT molecular complexity index is 1470. The van der Waals surface area contributed by atoms with Crippen molar-refractivity contribution >= 4 is 28.9 Å². The van der Waals surface area contributed by atoms with Crippen molar-refractivity contribution in [2.45, 2.75) is 25.7 Å². The summed E-state index contributed by atoms with van der Waals surface area (Å²) < 4.78 is 4.95. The summed E-state index contributed by atoms with van der Waals surface area (Å²) in [6, 6.07) is 20.5. The van der Waals surface area contributed by atoms with Gasteiger partial charge in [0.25, 0.3) is 5.84 Å². The number of quaternary nitrogens is 1. The van der Waals surface area contributed by atoms with E-state index in [-0.39, 0.29) is 22.4 Å². The molecule has 3 aliphatic rings. The molecule has 0 bridgehead atoms. The lowest BCUT2D eigenvalue weighted by atomic mass is 9.80. The Balaban J connectivity index is 1.37. The lowest BCUT2D eigenvalue weighted by molar-refractivity contribution is -0.750. The second kappa shape index (κ2) is 8.93. The maximum absolute atomic E-state index is 12.0. The van der Waals surface area contributed by atoms with Gasteiger partial charge in [-0.15, -0.1) is 4.59 Å². The average Bonchev–Trinajstić information content (AvgIpc) is 3.25. The van der Waals surface area contributed by atoms with E-state index < -0.39 is 0 Å². The van der Waals surface area contributed by atoms with Crippen molar-refractivity contribution in [1.82, 2.24) is 4.98 Å². The molecule has 7 nitrogen and oxygen atoms in total. The van der Waals surface area contributed by atoms with Crippen molar-refractivity contribution in [3.63, 3.8) is 0 Å². The normalized spacial score (nSPS) is 25.1. The summed E-state index contributed by atoms with van der Waals surface area (Å²) in [7, 11) is 1.46. The van der Waals surface area contributed by atoms with Gasteiger partial charge < -0.3 is 4.74 Å². The highest BCUT2D eigenvalue weighted by molar-refractivity contribution is 6.02. The number of nitrogens with zero attached hydrogens (tertiary/aromatic N) is 4. The zero-order valence-electron chi connectivity index (χ0n) is 20.2. The molecule has 1 saturated carbocycles. The van der Waals surface area contributed by atoms with E-state index in [0.717, 1.165) is 70.6 Å². The summed E-state index contributed by atoms with van der Waals surface area (Å²) in [4.78, 5) is 26.5. The molecular formula is C29H28N5O2+. The molecule has 1 atom stereocenters. The molecule has 1 fully saturated rings. The summed E-state index contributed by atoms with van der Waals surface area (Å²) in [5.41, 5.74) is 5.69. The number of fused-ring (bicyclic) bond motifs is 2. The highest BCUT2D eigenvalue weighted by Gasteiger charge is 2.46. The van der Waals surface area contributed by atoms with Crippen molar-refractivity contribution in [2.24, 2.45) is 27.7 Å². The van der Waals surface area contributed by atoms with Crippen LogP contribution in [0.15, 0.2) is 94.4 Å². The Morgan fingerprint density at radius 1 is 1.00 bits per heavy atom. The monoisotopic (exact) mass is 478 g/mol. The number of benzene rings is 2. The molecule has 2 N–H and O–H groups in total. The predicted molar refractivity (Wildman–Crippen MR) is 140 cm³/mol. The van der Waals surface area contributed by atoms with Crippen LogP contribution in [0.25, 0.3) is 22.2 Å². The number of rotatable bonds is 4. The highest BCUT2D eigenvalue weighted by atomic mass is 16.5. The minimum absolute atomic E-state index is 0.0142. The van der Waals surface area contributed by atoms with E-state index in [0.29, 0.717) is 0 Å². The maximum atomic E-state index is 12.0. The van der Waals surface area contributed by atoms with Crippen LogP contribution in [0.5, 0.6) is 0 Å². The maximum Gasteiger partial charge on any atom is 0.308 e.